The van der Waals surface area contributed by atoms with Gasteiger partial charge >= 0.3 is 0 Å². The lowest BCUT2D eigenvalue weighted by atomic mass is 10.3. The summed E-state index contributed by atoms with van der Waals surface area (Å²) in [5, 5.41) is 3.50. The van der Waals surface area contributed by atoms with E-state index in [1.54, 1.807) is 7.11 Å². The van der Waals surface area contributed by atoms with E-state index in [9.17, 15) is 0 Å². The first-order valence-corrected chi connectivity index (χ1v) is 6.39. The smallest absolute Gasteiger partial charge is 0.0700 e. The van der Waals surface area contributed by atoms with Gasteiger partial charge in [0.2, 0.25) is 0 Å². The molecule has 0 spiro atoms. The van der Waals surface area contributed by atoms with Gasteiger partial charge in [0.15, 0.2) is 0 Å². The van der Waals surface area contributed by atoms with Crippen molar-refractivity contribution in [3.63, 3.8) is 0 Å². The fourth-order valence-corrected chi connectivity index (χ4v) is 2.13. The number of nitrogens with one attached hydrogen (secondary N) is 1. The van der Waals surface area contributed by atoms with E-state index in [0.29, 0.717) is 12.6 Å². The Kier molecular flexibility index (Phi) is 7.76. The Hall–Kier alpha value is -0.160. The van der Waals surface area contributed by atoms with Gasteiger partial charge < -0.3 is 19.7 Å². The van der Waals surface area contributed by atoms with Crippen molar-refractivity contribution in [2.45, 2.75) is 25.8 Å². The highest BCUT2D eigenvalue weighted by atomic mass is 16.5. The van der Waals surface area contributed by atoms with Crippen LogP contribution in [0.4, 0.5) is 0 Å². The fourth-order valence-electron chi connectivity index (χ4n) is 2.13. The average molecular weight is 230 g/mol. The standard InChI is InChI=1S/C12H26N2O2/c1-3-13-12-5-7-14(11-12)6-4-8-16-10-9-15-2/h12-13H,3-11H2,1-2H3. The van der Waals surface area contributed by atoms with Gasteiger partial charge in [-0.1, -0.05) is 6.92 Å². The minimum Gasteiger partial charge on any atom is -0.382 e. The lowest BCUT2D eigenvalue weighted by Crippen LogP contribution is -2.32. The summed E-state index contributed by atoms with van der Waals surface area (Å²) < 4.78 is 10.4. The first-order valence-electron chi connectivity index (χ1n) is 6.39. The zero-order valence-corrected chi connectivity index (χ0v) is 10.7. The number of nitrogens with zero attached hydrogens (tertiary/aromatic N) is 1. The lowest BCUT2D eigenvalue weighted by Gasteiger charge is -2.16. The lowest BCUT2D eigenvalue weighted by molar-refractivity contribution is 0.0661. The second kappa shape index (κ2) is 8.93. The molecule has 0 saturated carbocycles. The zero-order chi connectivity index (χ0) is 11.6. The Bertz CT molecular complexity index is 167. The molecule has 1 saturated heterocycles. The van der Waals surface area contributed by atoms with E-state index in [1.807, 2.05) is 0 Å². The monoisotopic (exact) mass is 230 g/mol. The van der Waals surface area contributed by atoms with Crippen molar-refractivity contribution in [3.8, 4) is 0 Å². The van der Waals surface area contributed by atoms with Gasteiger partial charge in [-0.3, -0.25) is 0 Å². The van der Waals surface area contributed by atoms with E-state index in [-0.39, 0.29) is 0 Å². The summed E-state index contributed by atoms with van der Waals surface area (Å²) in [6.07, 6.45) is 2.42. The number of likely N-dealkylation sites (N-methyl/N-ethyl adjacent to an activating group) is 1. The quantitative estimate of drug-likeness (QED) is 0.592. The summed E-state index contributed by atoms with van der Waals surface area (Å²) in [5.41, 5.74) is 0. The molecule has 1 aliphatic heterocycles. The number of hydrogen-bond acceptors (Lipinski definition) is 4. The second-order valence-electron chi connectivity index (χ2n) is 4.30. The van der Waals surface area contributed by atoms with Crippen LogP contribution < -0.4 is 5.32 Å². The van der Waals surface area contributed by atoms with E-state index in [0.717, 1.165) is 32.7 Å². The molecule has 16 heavy (non-hydrogen) atoms. The molecule has 1 atom stereocenters. The van der Waals surface area contributed by atoms with Gasteiger partial charge in [-0.15, -0.1) is 0 Å². The van der Waals surface area contributed by atoms with Crippen molar-refractivity contribution in [1.82, 2.24) is 10.2 Å². The highest BCUT2D eigenvalue weighted by Gasteiger charge is 2.20. The topological polar surface area (TPSA) is 33.7 Å². The highest BCUT2D eigenvalue weighted by Crippen LogP contribution is 2.08. The van der Waals surface area contributed by atoms with E-state index in [4.69, 9.17) is 9.47 Å². The van der Waals surface area contributed by atoms with Gasteiger partial charge in [-0.25, -0.2) is 0 Å². The van der Waals surface area contributed by atoms with Crippen LogP contribution >= 0.6 is 0 Å². The first kappa shape index (κ1) is 13.9. The molecule has 0 radical (unpaired) electrons. The van der Waals surface area contributed by atoms with Crippen LogP contribution in [-0.2, 0) is 9.47 Å². The normalized spacial score (nSPS) is 21.8. The van der Waals surface area contributed by atoms with Crippen LogP contribution in [0, 0.1) is 0 Å². The molecule has 0 aromatic carbocycles. The number of ether oxygens (including phenoxy) is 2. The largest absolute Gasteiger partial charge is 0.382 e. The third-order valence-corrected chi connectivity index (χ3v) is 2.96. The summed E-state index contributed by atoms with van der Waals surface area (Å²) in [6, 6.07) is 0.708. The van der Waals surface area contributed by atoms with Crippen LogP contribution in [0.3, 0.4) is 0 Å². The molecule has 0 aromatic rings. The summed E-state index contributed by atoms with van der Waals surface area (Å²) in [7, 11) is 1.70. The predicted molar refractivity (Wildman–Crippen MR) is 65.8 cm³/mol. The Labute approximate surface area is 99.3 Å². The molecule has 0 aliphatic carbocycles. The van der Waals surface area contributed by atoms with E-state index < -0.39 is 0 Å². The van der Waals surface area contributed by atoms with Crippen molar-refractivity contribution < 1.29 is 9.47 Å². The van der Waals surface area contributed by atoms with Crippen LogP contribution in [0.2, 0.25) is 0 Å². The molecular weight excluding hydrogens is 204 g/mol. The highest BCUT2D eigenvalue weighted by molar-refractivity contribution is 4.80. The number of hydrogen-bond donors (Lipinski definition) is 1. The third kappa shape index (κ3) is 5.80. The third-order valence-electron chi connectivity index (χ3n) is 2.96. The summed E-state index contributed by atoms with van der Waals surface area (Å²) in [4.78, 5) is 2.52. The molecule has 0 bridgehead atoms. The van der Waals surface area contributed by atoms with Crippen molar-refractivity contribution in [2.24, 2.45) is 0 Å². The van der Waals surface area contributed by atoms with E-state index in [2.05, 4.69) is 17.1 Å². The molecule has 0 aromatic heterocycles. The van der Waals surface area contributed by atoms with Gasteiger partial charge in [0, 0.05) is 32.8 Å². The molecular formula is C12H26N2O2. The Morgan fingerprint density at radius 2 is 2.19 bits per heavy atom. The Balaban J connectivity index is 1.90. The molecule has 0 amide bonds. The summed E-state index contributed by atoms with van der Waals surface area (Å²) in [6.45, 7) is 9.12. The fraction of sp³-hybridized carbons (Fsp3) is 1.00. The van der Waals surface area contributed by atoms with Crippen LogP contribution in [-0.4, -0.2) is 64.1 Å². The van der Waals surface area contributed by atoms with Gasteiger partial charge in [-0.05, 0) is 25.9 Å². The Morgan fingerprint density at radius 1 is 1.31 bits per heavy atom. The minimum atomic E-state index is 0.701. The molecule has 4 heteroatoms. The van der Waals surface area contributed by atoms with Gasteiger partial charge in [0.25, 0.3) is 0 Å². The van der Waals surface area contributed by atoms with Gasteiger partial charge in [0.1, 0.15) is 0 Å². The molecule has 4 nitrogen and oxygen atoms in total. The zero-order valence-electron chi connectivity index (χ0n) is 10.7. The molecule has 1 rings (SSSR count). The van der Waals surface area contributed by atoms with Crippen molar-refractivity contribution in [1.29, 1.82) is 0 Å². The maximum Gasteiger partial charge on any atom is 0.0700 e. The van der Waals surface area contributed by atoms with Crippen LogP contribution in [0.25, 0.3) is 0 Å². The summed E-state index contributed by atoms with van der Waals surface area (Å²) >= 11 is 0. The van der Waals surface area contributed by atoms with Crippen LogP contribution in [0.5, 0.6) is 0 Å². The molecule has 1 heterocycles. The first-order chi connectivity index (χ1) is 7.86. The molecule has 1 fully saturated rings. The van der Waals surface area contributed by atoms with Crippen LogP contribution in [0.15, 0.2) is 0 Å². The minimum absolute atomic E-state index is 0.701. The second-order valence-corrected chi connectivity index (χ2v) is 4.30. The van der Waals surface area contributed by atoms with E-state index >= 15 is 0 Å². The molecule has 1 unspecified atom stereocenters. The average Bonchev–Trinajstić information content (AvgIpc) is 2.72. The maximum absolute atomic E-state index is 5.44. The van der Waals surface area contributed by atoms with Gasteiger partial charge in [-0.2, -0.15) is 0 Å². The number of methoxy groups -OCH3 is 1. The number of rotatable bonds is 9. The molecule has 1 N–H and O–H groups in total. The predicted octanol–water partition coefficient (Wildman–Crippen LogP) is 0.723. The van der Waals surface area contributed by atoms with Crippen molar-refractivity contribution in [3.05, 3.63) is 0 Å². The summed E-state index contributed by atoms with van der Waals surface area (Å²) in [5.74, 6) is 0. The van der Waals surface area contributed by atoms with Gasteiger partial charge in [0.05, 0.1) is 13.2 Å². The molecule has 96 valence electrons. The van der Waals surface area contributed by atoms with E-state index in [1.165, 1.54) is 19.5 Å². The number of likely N-dealkylation sites (tertiary alicyclic amines) is 1. The van der Waals surface area contributed by atoms with Crippen molar-refractivity contribution >= 4 is 0 Å². The SMILES string of the molecule is CCNC1CCN(CCCOCCOC)C1. The maximum atomic E-state index is 5.44. The van der Waals surface area contributed by atoms with Crippen molar-refractivity contribution in [2.75, 3.05) is 53.1 Å². The molecule has 1 aliphatic rings. The Morgan fingerprint density at radius 3 is 2.94 bits per heavy atom. The van der Waals surface area contributed by atoms with Crippen LogP contribution in [0.1, 0.15) is 19.8 Å².